The first-order valence-corrected chi connectivity index (χ1v) is 27.7. The summed E-state index contributed by atoms with van der Waals surface area (Å²) in [5.74, 6) is 1.39. The topological polar surface area (TPSA) is 302 Å². The number of anilines is 6. The molecule has 1 fully saturated rings. The van der Waals surface area contributed by atoms with Crippen LogP contribution in [0.3, 0.4) is 0 Å². The molecule has 0 unspecified atom stereocenters. The Bertz CT molecular complexity index is 3960. The molecule has 10 aromatic rings. The number of tetrazole rings is 2. The molecule has 0 radical (unpaired) electrons. The zero-order valence-corrected chi connectivity index (χ0v) is 46.7. The fourth-order valence-corrected chi connectivity index (χ4v) is 10.2. The number of nitro benzene ring substituents is 2. The number of carbonyl (C=O) groups is 2. The van der Waals surface area contributed by atoms with Gasteiger partial charge in [0.1, 0.15) is 11.5 Å². The van der Waals surface area contributed by atoms with Gasteiger partial charge in [0.2, 0.25) is 11.6 Å². The molecule has 3 aliphatic rings. The zero-order chi connectivity index (χ0) is 59.8. The number of nitrogen functional groups attached to an aromatic ring is 1. The van der Waals surface area contributed by atoms with Crippen LogP contribution in [0, 0.1) is 20.2 Å². The second-order valence-electron chi connectivity index (χ2n) is 19.5. The Labute approximate surface area is 497 Å². The lowest BCUT2D eigenvalue weighted by Gasteiger charge is -2.33. The lowest BCUT2D eigenvalue weighted by molar-refractivity contribution is -0.385. The van der Waals surface area contributed by atoms with Gasteiger partial charge in [0.25, 0.3) is 11.4 Å². The van der Waals surface area contributed by atoms with E-state index in [9.17, 15) is 29.8 Å². The number of carbonyl (C=O) groups excluding carboxylic acids is 2. The molecular weight excluding hydrogens is 1120 g/mol. The number of nitrogens with one attached hydrogen (secondary N) is 3. The molecule has 24 heteroatoms. The highest BCUT2D eigenvalue weighted by molar-refractivity contribution is 6.61. The number of hydrogen-bond acceptors (Lipinski definition) is 18. The van der Waals surface area contributed by atoms with E-state index in [0.717, 1.165) is 108 Å². The van der Waals surface area contributed by atoms with Crippen LogP contribution < -0.4 is 30.3 Å². The first-order valence-electron chi connectivity index (χ1n) is 27.3. The van der Waals surface area contributed by atoms with Gasteiger partial charge in [0, 0.05) is 84.7 Å². The highest BCUT2D eigenvalue weighted by atomic mass is 35.5. The Morgan fingerprint density at radius 2 is 1.00 bits per heavy atom. The van der Waals surface area contributed by atoms with Crippen molar-refractivity contribution in [3.8, 4) is 56.5 Å². The van der Waals surface area contributed by atoms with Crippen LogP contribution in [-0.2, 0) is 17.6 Å². The van der Waals surface area contributed by atoms with E-state index in [2.05, 4.69) is 116 Å². The molecule has 0 atom stereocenters. The van der Waals surface area contributed by atoms with Gasteiger partial charge in [0.05, 0.1) is 32.6 Å². The van der Waals surface area contributed by atoms with Crippen LogP contribution in [0.15, 0.2) is 182 Å². The minimum absolute atomic E-state index is 0.0747. The number of para-hydroxylation sites is 2. The van der Waals surface area contributed by atoms with E-state index in [-0.39, 0.29) is 22.9 Å². The molecule has 434 valence electrons. The zero-order valence-electron chi connectivity index (χ0n) is 46.0. The third-order valence-corrected chi connectivity index (χ3v) is 14.1. The van der Waals surface area contributed by atoms with E-state index in [1.165, 1.54) is 78.2 Å². The van der Waals surface area contributed by atoms with E-state index >= 15 is 0 Å². The molecule has 8 aromatic carbocycles. The Morgan fingerprint density at radius 1 is 0.547 bits per heavy atom. The second kappa shape index (κ2) is 27.9. The average molecular weight is 1180 g/mol. The maximum Gasteiger partial charge on any atom is 0.417 e. The number of nitro groups is 2. The predicted molar refractivity (Wildman–Crippen MR) is 326 cm³/mol. The van der Waals surface area contributed by atoms with Crippen LogP contribution in [0.5, 0.6) is 11.5 Å². The van der Waals surface area contributed by atoms with E-state index < -0.39 is 21.4 Å². The number of amides is 1. The second-order valence-corrected chi connectivity index (χ2v) is 19.8. The van der Waals surface area contributed by atoms with E-state index in [1.807, 2.05) is 78.9 Å². The first kappa shape index (κ1) is 58.3. The molecule has 0 bridgehead atoms. The highest BCUT2D eigenvalue weighted by Gasteiger charge is 2.24. The van der Waals surface area contributed by atoms with Crippen molar-refractivity contribution in [2.45, 2.75) is 38.5 Å². The van der Waals surface area contributed by atoms with Crippen molar-refractivity contribution in [2.75, 3.05) is 47.2 Å². The summed E-state index contributed by atoms with van der Waals surface area (Å²) in [6.07, 6.45) is 6.02. The average Bonchev–Trinajstić information content (AvgIpc) is 1.62. The number of aryl methyl sites for hydroxylation is 2. The van der Waals surface area contributed by atoms with Crippen LogP contribution in [-0.4, -0.2) is 88.9 Å². The fraction of sp³-hybridized carbons (Fsp3) is 0.161. The third-order valence-electron chi connectivity index (χ3n) is 14.0. The van der Waals surface area contributed by atoms with Crippen molar-refractivity contribution in [3.05, 3.63) is 213 Å². The normalized spacial score (nSPS) is 12.9. The number of ether oxygens (including phenoxy) is 3. The van der Waals surface area contributed by atoms with Gasteiger partial charge in [-0.05, 0) is 143 Å². The highest BCUT2D eigenvalue weighted by Crippen LogP contribution is 2.42. The van der Waals surface area contributed by atoms with Crippen LogP contribution in [0.2, 0.25) is 0 Å². The Morgan fingerprint density at radius 3 is 1.45 bits per heavy atom. The van der Waals surface area contributed by atoms with Gasteiger partial charge < -0.3 is 29.7 Å². The number of rotatable bonds is 11. The van der Waals surface area contributed by atoms with E-state index in [0.29, 0.717) is 17.3 Å². The molecule has 0 aliphatic carbocycles. The lowest BCUT2D eigenvalue weighted by atomic mass is 9.97. The van der Waals surface area contributed by atoms with Crippen molar-refractivity contribution in [2.24, 2.45) is 0 Å². The maximum atomic E-state index is 13.1. The SMILES string of the molecule is C1CCOC1.Nc1cc(-c2ccccc2-c2nn[nH]n2)ccc1N1CCCc2ccccc21.O=C(Cl)Oc1ccc([N+](=O)[O-])cc1.O=C(Nc1cc(-c2ccccc2-c2nn[nH]n2)ccc1N1CCCc2ccccc21)Oc1ccc([N+](=O)[O-])cc1. The van der Waals surface area contributed by atoms with E-state index in [4.69, 9.17) is 26.8 Å². The lowest BCUT2D eigenvalue weighted by Crippen LogP contribution is -2.26. The standard InChI is InChI=1S/C29H23N7O4.C22H20N6.C7H4ClNO4.C4H8O/c37-29(40-22-14-12-21(13-15-22)36(38)39)30-25-18-20(23-8-2-3-9-24(23)28-31-33-34-32-28)11-16-27(25)35-17-5-7-19-6-1-4-10-26(19)35;23-19-14-16(17-8-2-3-9-18(17)22-24-26-27-25-22)11-12-21(19)28-13-5-7-15-6-1-4-10-20(15)28;8-7(10)13-6-3-1-5(2-4-6)9(11)12;1-2-4-5-3-1/h1-4,6,8-16,18H,5,7,17H2,(H,30,37)(H,31,32,33,34);1-4,6,8-12,14H,5,7,13,23H2,(H,24,25,26,27);1-4H;1-4H2. The number of halogens is 1. The van der Waals surface area contributed by atoms with Crippen molar-refractivity contribution in [1.82, 2.24) is 41.2 Å². The summed E-state index contributed by atoms with van der Waals surface area (Å²) in [4.78, 5) is 47.9. The van der Waals surface area contributed by atoms with Crippen molar-refractivity contribution in [3.63, 3.8) is 0 Å². The summed E-state index contributed by atoms with van der Waals surface area (Å²) < 4.78 is 14.9. The maximum absolute atomic E-state index is 13.1. The minimum atomic E-state index is -0.978. The molecule has 2 aromatic heterocycles. The molecule has 3 aliphatic heterocycles. The number of benzene rings is 8. The van der Waals surface area contributed by atoms with Crippen molar-refractivity contribution in [1.29, 1.82) is 0 Å². The Balaban J connectivity index is 0.000000153. The van der Waals surface area contributed by atoms with E-state index in [1.54, 1.807) is 0 Å². The number of aromatic nitrogens is 8. The summed E-state index contributed by atoms with van der Waals surface area (Å²) in [6, 6.07) is 55.0. The number of nitrogens with two attached hydrogens (primary N) is 1. The number of hydrogen-bond donors (Lipinski definition) is 4. The summed E-state index contributed by atoms with van der Waals surface area (Å²) >= 11 is 4.92. The quantitative estimate of drug-likeness (QED) is 0.0405. The Hall–Kier alpha value is -10.9. The number of nitrogens with zero attached hydrogens (tertiary/aromatic N) is 10. The van der Waals surface area contributed by atoms with Crippen molar-refractivity contribution < 1.29 is 33.6 Å². The summed E-state index contributed by atoms with van der Waals surface area (Å²) in [7, 11) is 0. The van der Waals surface area contributed by atoms with Crippen LogP contribution >= 0.6 is 11.6 Å². The van der Waals surface area contributed by atoms with Gasteiger partial charge in [0.15, 0.2) is 0 Å². The van der Waals surface area contributed by atoms with Gasteiger partial charge in [-0.25, -0.2) is 9.59 Å². The number of fused-ring (bicyclic) bond motifs is 2. The molecule has 5 heterocycles. The largest absolute Gasteiger partial charge is 0.417 e. The first-order chi connectivity index (χ1) is 42.0. The molecule has 86 heavy (non-hydrogen) atoms. The molecule has 1 amide bonds. The molecule has 0 spiro atoms. The molecule has 0 saturated carbocycles. The smallest absolute Gasteiger partial charge is 0.414 e. The monoisotopic (exact) mass is 1170 g/mol. The molecule has 5 N–H and O–H groups in total. The van der Waals surface area contributed by atoms with Crippen LogP contribution in [0.4, 0.5) is 55.1 Å². The molecular formula is C62H55ClN14O9. The van der Waals surface area contributed by atoms with Crippen molar-refractivity contribution >= 4 is 68.6 Å². The number of non-ortho nitro benzene ring substituents is 2. The fourth-order valence-electron chi connectivity index (χ4n) is 10.1. The van der Waals surface area contributed by atoms with Gasteiger partial charge in [-0.3, -0.25) is 25.5 Å². The summed E-state index contributed by atoms with van der Waals surface area (Å²) in [5, 5.41) is 53.0. The van der Waals surface area contributed by atoms with Gasteiger partial charge in [-0.1, -0.05) is 97.1 Å². The third kappa shape index (κ3) is 14.5. The Kier molecular flexibility index (Phi) is 18.9. The summed E-state index contributed by atoms with van der Waals surface area (Å²) in [5.41, 5.74) is 19.0. The van der Waals surface area contributed by atoms with Crippen LogP contribution in [0.25, 0.3) is 45.0 Å². The molecule has 1 saturated heterocycles. The minimum Gasteiger partial charge on any atom is -0.414 e. The number of H-pyrrole nitrogens is 2. The summed E-state index contributed by atoms with van der Waals surface area (Å²) in [6.45, 7) is 3.75. The van der Waals surface area contributed by atoms with Crippen LogP contribution in [0.1, 0.15) is 36.8 Å². The van der Waals surface area contributed by atoms with Gasteiger partial charge >= 0.3 is 11.5 Å². The molecule has 23 nitrogen and oxygen atoms in total. The van der Waals surface area contributed by atoms with Gasteiger partial charge in [-0.15, -0.1) is 20.4 Å². The number of aromatic amines is 2. The predicted octanol–water partition coefficient (Wildman–Crippen LogP) is 13.5. The van der Waals surface area contributed by atoms with Gasteiger partial charge in [-0.2, -0.15) is 10.4 Å². The molecule has 13 rings (SSSR count).